The Morgan fingerprint density at radius 1 is 1.37 bits per heavy atom. The molecule has 0 saturated heterocycles. The SMILES string of the molecule is O=C(O)C1CN(C(=O)c2cnns2)c2ccccc21. The minimum Gasteiger partial charge on any atom is -0.481 e. The summed E-state index contributed by atoms with van der Waals surface area (Å²) in [5.74, 6) is -1.86. The van der Waals surface area contributed by atoms with Crippen molar-refractivity contribution in [2.75, 3.05) is 11.4 Å². The monoisotopic (exact) mass is 275 g/mol. The van der Waals surface area contributed by atoms with Crippen molar-refractivity contribution < 1.29 is 14.7 Å². The highest BCUT2D eigenvalue weighted by molar-refractivity contribution is 7.07. The van der Waals surface area contributed by atoms with Crippen molar-refractivity contribution in [2.45, 2.75) is 5.92 Å². The van der Waals surface area contributed by atoms with Crippen LogP contribution in [0, 0.1) is 0 Å². The molecular formula is C12H9N3O3S. The van der Waals surface area contributed by atoms with E-state index in [1.165, 1.54) is 11.1 Å². The van der Waals surface area contributed by atoms with Gasteiger partial charge >= 0.3 is 5.97 Å². The van der Waals surface area contributed by atoms with Crippen LogP contribution >= 0.6 is 11.5 Å². The summed E-state index contributed by atoms with van der Waals surface area (Å²) in [4.78, 5) is 25.4. The van der Waals surface area contributed by atoms with Crippen molar-refractivity contribution in [1.29, 1.82) is 0 Å². The first kappa shape index (κ1) is 11.8. The number of rotatable bonds is 2. The minimum atomic E-state index is -0.926. The van der Waals surface area contributed by atoms with E-state index < -0.39 is 11.9 Å². The molecule has 0 saturated carbocycles. The molecular weight excluding hydrogens is 266 g/mol. The van der Waals surface area contributed by atoms with E-state index >= 15 is 0 Å². The zero-order chi connectivity index (χ0) is 13.4. The maximum atomic E-state index is 12.3. The predicted octanol–water partition coefficient (Wildman–Crippen LogP) is 1.37. The lowest BCUT2D eigenvalue weighted by atomic mass is 10.0. The quantitative estimate of drug-likeness (QED) is 0.894. The second-order valence-electron chi connectivity index (χ2n) is 4.15. The normalized spacial score (nSPS) is 17.3. The van der Waals surface area contributed by atoms with E-state index in [4.69, 9.17) is 0 Å². The molecule has 0 spiro atoms. The van der Waals surface area contributed by atoms with Gasteiger partial charge in [-0.05, 0) is 23.2 Å². The molecule has 1 unspecified atom stereocenters. The zero-order valence-electron chi connectivity index (χ0n) is 9.68. The Balaban J connectivity index is 2.01. The molecule has 1 aliphatic rings. The van der Waals surface area contributed by atoms with Crippen molar-refractivity contribution in [2.24, 2.45) is 0 Å². The van der Waals surface area contributed by atoms with Gasteiger partial charge < -0.3 is 10.0 Å². The van der Waals surface area contributed by atoms with Crippen molar-refractivity contribution in [1.82, 2.24) is 9.59 Å². The van der Waals surface area contributed by atoms with E-state index in [1.807, 2.05) is 0 Å². The number of hydrogen-bond acceptors (Lipinski definition) is 5. The Morgan fingerprint density at radius 2 is 2.16 bits per heavy atom. The Morgan fingerprint density at radius 3 is 2.84 bits per heavy atom. The highest BCUT2D eigenvalue weighted by atomic mass is 32.1. The number of para-hydroxylation sites is 1. The standard InChI is InChI=1S/C12H9N3O3S/c16-11(10-5-13-14-19-10)15-6-8(12(17)18)7-3-1-2-4-9(7)15/h1-5,8H,6H2,(H,17,18). The average molecular weight is 275 g/mol. The molecule has 19 heavy (non-hydrogen) atoms. The highest BCUT2D eigenvalue weighted by Crippen LogP contribution is 2.37. The van der Waals surface area contributed by atoms with Crippen molar-refractivity contribution in [3.8, 4) is 0 Å². The zero-order valence-corrected chi connectivity index (χ0v) is 10.5. The maximum Gasteiger partial charge on any atom is 0.312 e. The number of carbonyl (C=O) groups is 2. The lowest BCUT2D eigenvalue weighted by Crippen LogP contribution is -2.30. The first-order valence-corrected chi connectivity index (χ1v) is 6.37. The van der Waals surface area contributed by atoms with Gasteiger partial charge in [-0.3, -0.25) is 9.59 Å². The number of hydrogen-bond donors (Lipinski definition) is 1. The molecule has 0 aliphatic carbocycles. The second-order valence-corrected chi connectivity index (χ2v) is 4.93. The number of amides is 1. The summed E-state index contributed by atoms with van der Waals surface area (Å²) in [6.45, 7) is 0.144. The van der Waals surface area contributed by atoms with Crippen LogP contribution in [-0.4, -0.2) is 33.1 Å². The number of carbonyl (C=O) groups excluding carboxylic acids is 1. The van der Waals surface area contributed by atoms with Crippen LogP contribution in [0.15, 0.2) is 30.5 Å². The molecule has 1 aliphatic heterocycles. The molecule has 0 radical (unpaired) electrons. The highest BCUT2D eigenvalue weighted by Gasteiger charge is 2.37. The van der Waals surface area contributed by atoms with E-state index in [0.717, 1.165) is 11.5 Å². The second kappa shape index (κ2) is 4.43. The lowest BCUT2D eigenvalue weighted by Gasteiger charge is -2.15. The molecule has 2 aromatic rings. The molecule has 2 heterocycles. The van der Waals surface area contributed by atoms with Crippen molar-refractivity contribution >= 4 is 29.1 Å². The number of aromatic nitrogens is 2. The van der Waals surface area contributed by atoms with E-state index in [1.54, 1.807) is 24.3 Å². The molecule has 1 aromatic heterocycles. The molecule has 1 amide bonds. The molecule has 6 nitrogen and oxygen atoms in total. The third kappa shape index (κ3) is 1.88. The van der Waals surface area contributed by atoms with Crippen LogP contribution in [0.4, 0.5) is 5.69 Å². The third-order valence-electron chi connectivity index (χ3n) is 3.08. The molecule has 0 bridgehead atoms. The van der Waals surface area contributed by atoms with Crippen LogP contribution in [-0.2, 0) is 4.79 Å². The Hall–Kier alpha value is -2.28. The van der Waals surface area contributed by atoms with E-state index in [0.29, 0.717) is 16.1 Å². The van der Waals surface area contributed by atoms with Gasteiger partial charge in [0.25, 0.3) is 5.91 Å². The summed E-state index contributed by atoms with van der Waals surface area (Å²) in [7, 11) is 0. The van der Waals surface area contributed by atoms with Crippen LogP contribution in [0.1, 0.15) is 21.2 Å². The lowest BCUT2D eigenvalue weighted by molar-refractivity contribution is -0.138. The maximum absolute atomic E-state index is 12.3. The van der Waals surface area contributed by atoms with Gasteiger partial charge in [-0.2, -0.15) is 0 Å². The molecule has 0 fully saturated rings. The largest absolute Gasteiger partial charge is 0.481 e. The van der Waals surface area contributed by atoms with E-state index in [2.05, 4.69) is 9.59 Å². The number of aliphatic carboxylic acids is 1. The Labute approximate surface area is 112 Å². The van der Waals surface area contributed by atoms with Gasteiger partial charge in [0.05, 0.1) is 6.20 Å². The Kier molecular flexibility index (Phi) is 2.75. The fraction of sp³-hybridized carbons (Fsp3) is 0.167. The van der Waals surface area contributed by atoms with Gasteiger partial charge in [0.1, 0.15) is 10.8 Å². The number of carboxylic acids is 1. The number of benzene rings is 1. The first-order valence-electron chi connectivity index (χ1n) is 5.59. The molecule has 1 atom stereocenters. The van der Waals surface area contributed by atoms with E-state index in [9.17, 15) is 14.7 Å². The number of fused-ring (bicyclic) bond motifs is 1. The fourth-order valence-electron chi connectivity index (χ4n) is 2.21. The number of nitrogens with zero attached hydrogens (tertiary/aromatic N) is 3. The van der Waals surface area contributed by atoms with Crippen LogP contribution in [0.2, 0.25) is 0 Å². The number of anilines is 1. The summed E-state index contributed by atoms with van der Waals surface area (Å²) in [6, 6.07) is 7.06. The molecule has 96 valence electrons. The first-order chi connectivity index (χ1) is 9.18. The van der Waals surface area contributed by atoms with Gasteiger partial charge in [-0.15, -0.1) is 5.10 Å². The van der Waals surface area contributed by atoms with Gasteiger partial charge in [-0.1, -0.05) is 22.7 Å². The van der Waals surface area contributed by atoms with Crippen LogP contribution in [0.25, 0.3) is 0 Å². The molecule has 7 heteroatoms. The summed E-state index contributed by atoms with van der Waals surface area (Å²) in [5.41, 5.74) is 1.31. The fourth-order valence-corrected chi connectivity index (χ4v) is 2.67. The van der Waals surface area contributed by atoms with Crippen molar-refractivity contribution in [3.63, 3.8) is 0 Å². The van der Waals surface area contributed by atoms with Gasteiger partial charge in [0.2, 0.25) is 0 Å². The average Bonchev–Trinajstić information content (AvgIpc) is 3.05. The molecule has 1 N–H and O–H groups in total. The summed E-state index contributed by atoms with van der Waals surface area (Å²) in [6.07, 6.45) is 1.39. The van der Waals surface area contributed by atoms with Gasteiger partial charge in [0.15, 0.2) is 0 Å². The predicted molar refractivity (Wildman–Crippen MR) is 68.4 cm³/mol. The topological polar surface area (TPSA) is 83.4 Å². The van der Waals surface area contributed by atoms with Crippen LogP contribution in [0.3, 0.4) is 0 Å². The summed E-state index contributed by atoms with van der Waals surface area (Å²) < 4.78 is 3.65. The third-order valence-corrected chi connectivity index (χ3v) is 3.74. The van der Waals surface area contributed by atoms with Crippen LogP contribution < -0.4 is 4.90 Å². The van der Waals surface area contributed by atoms with Gasteiger partial charge in [-0.25, -0.2) is 0 Å². The summed E-state index contributed by atoms with van der Waals surface area (Å²) in [5, 5.41) is 12.9. The van der Waals surface area contributed by atoms with Gasteiger partial charge in [0, 0.05) is 12.2 Å². The smallest absolute Gasteiger partial charge is 0.312 e. The van der Waals surface area contributed by atoms with E-state index in [-0.39, 0.29) is 12.5 Å². The summed E-state index contributed by atoms with van der Waals surface area (Å²) >= 11 is 1.00. The number of carboxylic acid groups (broad SMARTS) is 1. The van der Waals surface area contributed by atoms with Crippen LogP contribution in [0.5, 0.6) is 0 Å². The molecule has 3 rings (SSSR count). The Bertz CT molecular complexity index is 641. The van der Waals surface area contributed by atoms with Crippen molar-refractivity contribution in [3.05, 3.63) is 40.9 Å². The minimum absolute atomic E-state index is 0.144. The molecule has 1 aromatic carbocycles.